The van der Waals surface area contributed by atoms with Gasteiger partial charge < -0.3 is 10.5 Å². The van der Waals surface area contributed by atoms with Crippen LogP contribution in [0, 0.1) is 12.3 Å². The number of ether oxygens (including phenoxy) is 1. The molecule has 0 amide bonds. The third-order valence-corrected chi connectivity index (χ3v) is 2.29. The van der Waals surface area contributed by atoms with Crippen LogP contribution in [0.2, 0.25) is 0 Å². The second kappa shape index (κ2) is 6.25. The van der Waals surface area contributed by atoms with E-state index in [9.17, 15) is 18.0 Å². The first-order valence-corrected chi connectivity index (χ1v) is 5.38. The molecule has 1 unspecified atom stereocenters. The smallest absolute Gasteiger partial charge is 0.406 e. The van der Waals surface area contributed by atoms with E-state index in [0.29, 0.717) is 5.56 Å². The van der Waals surface area contributed by atoms with Crippen LogP contribution in [0.15, 0.2) is 24.3 Å². The summed E-state index contributed by atoms with van der Waals surface area (Å²) in [6, 6.07) is 4.28. The van der Waals surface area contributed by atoms with Crippen LogP contribution in [0.4, 0.5) is 13.2 Å². The Labute approximate surface area is 108 Å². The van der Waals surface area contributed by atoms with E-state index in [0.717, 1.165) is 12.1 Å². The molecule has 102 valence electrons. The number of hydrogen-bond acceptors (Lipinski definition) is 3. The molecule has 0 fully saturated rings. The maximum absolute atomic E-state index is 11.9. The summed E-state index contributed by atoms with van der Waals surface area (Å²) in [5, 5.41) is 0. The van der Waals surface area contributed by atoms with Crippen LogP contribution in [-0.2, 0) is 11.2 Å². The van der Waals surface area contributed by atoms with Gasteiger partial charge in [-0.2, -0.15) is 0 Å². The molecule has 0 spiro atoms. The van der Waals surface area contributed by atoms with Gasteiger partial charge in [0, 0.05) is 12.8 Å². The van der Waals surface area contributed by atoms with Gasteiger partial charge in [0.05, 0.1) is 6.04 Å². The molecule has 0 bridgehead atoms. The van der Waals surface area contributed by atoms with E-state index in [-0.39, 0.29) is 24.4 Å². The number of terminal acetylenes is 1. The van der Waals surface area contributed by atoms with Crippen molar-refractivity contribution in [2.24, 2.45) is 5.73 Å². The Hall–Kier alpha value is -2.00. The van der Waals surface area contributed by atoms with Crippen LogP contribution in [-0.4, -0.2) is 18.2 Å². The molecule has 0 saturated heterocycles. The number of alkyl halides is 3. The summed E-state index contributed by atoms with van der Waals surface area (Å²) in [5.41, 5.74) is 6.07. The van der Waals surface area contributed by atoms with Crippen LogP contribution in [0.3, 0.4) is 0 Å². The summed E-state index contributed by atoms with van der Waals surface area (Å²) in [4.78, 5) is 11.6. The summed E-state index contributed by atoms with van der Waals surface area (Å²) >= 11 is 0. The molecule has 6 heteroatoms. The molecule has 3 nitrogen and oxygen atoms in total. The fourth-order valence-corrected chi connectivity index (χ4v) is 1.38. The first-order chi connectivity index (χ1) is 8.81. The normalized spacial score (nSPS) is 12.6. The van der Waals surface area contributed by atoms with E-state index in [2.05, 4.69) is 10.7 Å². The van der Waals surface area contributed by atoms with Crippen molar-refractivity contribution in [3.8, 4) is 18.1 Å². The molecule has 2 N–H and O–H groups in total. The third-order valence-electron chi connectivity index (χ3n) is 2.29. The monoisotopic (exact) mass is 271 g/mol. The third kappa shape index (κ3) is 5.44. The predicted octanol–water partition coefficient (Wildman–Crippen LogP) is 2.05. The molecule has 0 heterocycles. The molecule has 0 saturated carbocycles. The molecular formula is C13H12F3NO2. The van der Waals surface area contributed by atoms with E-state index in [1.165, 1.54) is 12.1 Å². The lowest BCUT2D eigenvalue weighted by atomic mass is 10.0. The van der Waals surface area contributed by atoms with Crippen LogP contribution in [0.5, 0.6) is 5.75 Å². The Morgan fingerprint density at radius 1 is 1.37 bits per heavy atom. The summed E-state index contributed by atoms with van der Waals surface area (Å²) in [5.74, 6) is 1.68. The largest absolute Gasteiger partial charge is 0.573 e. The lowest BCUT2D eigenvalue weighted by Crippen LogP contribution is -2.31. The minimum atomic E-state index is -4.73. The van der Waals surface area contributed by atoms with Crippen molar-refractivity contribution in [1.29, 1.82) is 0 Å². The van der Waals surface area contributed by atoms with Crippen molar-refractivity contribution >= 4 is 5.78 Å². The quantitative estimate of drug-likeness (QED) is 0.834. The summed E-state index contributed by atoms with van der Waals surface area (Å²) in [7, 11) is 0. The molecule has 1 aromatic rings. The first-order valence-electron chi connectivity index (χ1n) is 5.38. The summed E-state index contributed by atoms with van der Waals surface area (Å²) < 4.78 is 39.5. The zero-order valence-electron chi connectivity index (χ0n) is 9.91. The molecule has 0 aliphatic carbocycles. The standard InChI is InChI=1S/C13H12F3NO2/c1-2-3-11(17)12(18)8-9-4-6-10(7-5-9)19-13(14,15)16/h1,4-7,11H,3,8,17H2. The number of rotatable bonds is 5. The van der Waals surface area contributed by atoms with E-state index >= 15 is 0 Å². The lowest BCUT2D eigenvalue weighted by molar-refractivity contribution is -0.274. The molecule has 0 radical (unpaired) electrons. The summed E-state index contributed by atoms with van der Waals surface area (Å²) in [6.07, 6.45) is 0.460. The molecule has 19 heavy (non-hydrogen) atoms. The molecular weight excluding hydrogens is 259 g/mol. The highest BCUT2D eigenvalue weighted by Crippen LogP contribution is 2.22. The van der Waals surface area contributed by atoms with Gasteiger partial charge in [0.15, 0.2) is 5.78 Å². The SMILES string of the molecule is C#CCC(N)C(=O)Cc1ccc(OC(F)(F)F)cc1. The van der Waals surface area contributed by atoms with Crippen molar-refractivity contribution in [1.82, 2.24) is 0 Å². The Morgan fingerprint density at radius 3 is 2.42 bits per heavy atom. The van der Waals surface area contributed by atoms with Crippen LogP contribution < -0.4 is 10.5 Å². The van der Waals surface area contributed by atoms with Crippen LogP contribution in [0.1, 0.15) is 12.0 Å². The maximum atomic E-state index is 11.9. The van der Waals surface area contributed by atoms with Crippen molar-refractivity contribution in [3.63, 3.8) is 0 Å². The van der Waals surface area contributed by atoms with Crippen LogP contribution >= 0.6 is 0 Å². The number of halogens is 3. The zero-order chi connectivity index (χ0) is 14.5. The Balaban J connectivity index is 2.63. The summed E-state index contributed by atoms with van der Waals surface area (Å²) in [6.45, 7) is 0. The molecule has 0 aromatic heterocycles. The van der Waals surface area contributed by atoms with E-state index in [4.69, 9.17) is 12.2 Å². The first kappa shape index (κ1) is 15.1. The minimum Gasteiger partial charge on any atom is -0.406 e. The van der Waals surface area contributed by atoms with Crippen molar-refractivity contribution < 1.29 is 22.7 Å². The number of nitrogens with two attached hydrogens (primary N) is 1. The fourth-order valence-electron chi connectivity index (χ4n) is 1.38. The molecule has 0 aliphatic heterocycles. The molecule has 1 aromatic carbocycles. The fraction of sp³-hybridized carbons (Fsp3) is 0.308. The minimum absolute atomic E-state index is 0.0230. The number of hydrogen-bond donors (Lipinski definition) is 1. The van der Waals surface area contributed by atoms with E-state index < -0.39 is 12.4 Å². The van der Waals surface area contributed by atoms with E-state index in [1.54, 1.807) is 0 Å². The highest BCUT2D eigenvalue weighted by Gasteiger charge is 2.30. The Kier molecular flexibility index (Phi) is 4.95. The second-order valence-electron chi connectivity index (χ2n) is 3.85. The number of Topliss-reactive ketones (excluding diaryl/α,β-unsaturated/α-hetero) is 1. The Bertz CT molecular complexity index is 474. The molecule has 1 atom stereocenters. The van der Waals surface area contributed by atoms with Crippen molar-refractivity contribution in [2.75, 3.05) is 0 Å². The average Bonchev–Trinajstić information content (AvgIpc) is 2.30. The van der Waals surface area contributed by atoms with Gasteiger partial charge in [-0.25, -0.2) is 0 Å². The Morgan fingerprint density at radius 2 is 1.95 bits per heavy atom. The van der Waals surface area contributed by atoms with Crippen LogP contribution in [0.25, 0.3) is 0 Å². The predicted molar refractivity (Wildman–Crippen MR) is 63.3 cm³/mol. The van der Waals surface area contributed by atoms with Gasteiger partial charge in [-0.05, 0) is 17.7 Å². The average molecular weight is 271 g/mol. The number of carbonyl (C=O) groups is 1. The highest BCUT2D eigenvalue weighted by atomic mass is 19.4. The number of ketones is 1. The van der Waals surface area contributed by atoms with Gasteiger partial charge >= 0.3 is 6.36 Å². The van der Waals surface area contributed by atoms with Gasteiger partial charge in [-0.15, -0.1) is 25.5 Å². The van der Waals surface area contributed by atoms with E-state index in [1.807, 2.05) is 0 Å². The lowest BCUT2D eigenvalue weighted by Gasteiger charge is -2.10. The highest BCUT2D eigenvalue weighted by molar-refractivity contribution is 5.86. The van der Waals surface area contributed by atoms with Gasteiger partial charge in [-0.1, -0.05) is 12.1 Å². The van der Waals surface area contributed by atoms with Crippen molar-refractivity contribution in [3.05, 3.63) is 29.8 Å². The topological polar surface area (TPSA) is 52.3 Å². The zero-order valence-corrected chi connectivity index (χ0v) is 9.91. The van der Waals surface area contributed by atoms with Gasteiger partial charge in [0.1, 0.15) is 5.75 Å². The maximum Gasteiger partial charge on any atom is 0.573 e. The van der Waals surface area contributed by atoms with Gasteiger partial charge in [0.25, 0.3) is 0 Å². The molecule has 0 aliphatic rings. The second-order valence-corrected chi connectivity index (χ2v) is 3.85. The number of carbonyl (C=O) groups excluding carboxylic acids is 1. The number of benzene rings is 1. The van der Waals surface area contributed by atoms with Gasteiger partial charge in [-0.3, -0.25) is 4.79 Å². The molecule has 1 rings (SSSR count). The van der Waals surface area contributed by atoms with Crippen molar-refractivity contribution in [2.45, 2.75) is 25.2 Å². The van der Waals surface area contributed by atoms with Gasteiger partial charge in [0.2, 0.25) is 0 Å².